The summed E-state index contributed by atoms with van der Waals surface area (Å²) in [6.45, 7) is 6.63. The predicted molar refractivity (Wildman–Crippen MR) is 127 cm³/mol. The zero-order chi connectivity index (χ0) is 22.9. The van der Waals surface area contributed by atoms with E-state index in [2.05, 4.69) is 32.9 Å². The molecule has 3 aromatic carbocycles. The molecule has 0 spiro atoms. The number of nitriles is 1. The second kappa shape index (κ2) is 8.74. The van der Waals surface area contributed by atoms with Crippen molar-refractivity contribution >= 4 is 34.1 Å². The van der Waals surface area contributed by atoms with Crippen LogP contribution in [0.2, 0.25) is 10.0 Å². The highest BCUT2D eigenvalue weighted by Gasteiger charge is 2.20. The summed E-state index contributed by atoms with van der Waals surface area (Å²) in [5.74, 6) is 1.46. The van der Waals surface area contributed by atoms with Crippen LogP contribution in [0, 0.1) is 11.3 Å². The largest absolute Gasteiger partial charge is 0.487 e. The minimum absolute atomic E-state index is 0.159. The van der Waals surface area contributed by atoms with Crippen LogP contribution >= 0.6 is 23.2 Å². The van der Waals surface area contributed by atoms with E-state index in [1.165, 1.54) is 0 Å². The molecule has 0 radical (unpaired) electrons. The standard InChI is InChI=1S/C25H21Cl2N3O2/c1-25(2,3)30-24-7-5-4-6-22(24)23(29-30)15-31-19-10-18(27)12-21(13-19)32-20-9-16(14-28)8-17(26)11-20/h4-13H,15H2,1-3H3. The number of hydrogen-bond acceptors (Lipinski definition) is 4. The molecule has 0 saturated carbocycles. The number of aromatic nitrogens is 2. The van der Waals surface area contributed by atoms with Gasteiger partial charge in [0.1, 0.15) is 29.5 Å². The van der Waals surface area contributed by atoms with Crippen LogP contribution in [-0.4, -0.2) is 9.78 Å². The van der Waals surface area contributed by atoms with Crippen molar-refractivity contribution in [3.05, 3.63) is 82.0 Å². The maximum atomic E-state index is 9.13. The van der Waals surface area contributed by atoms with E-state index in [1.807, 2.05) is 22.9 Å². The van der Waals surface area contributed by atoms with Gasteiger partial charge in [0.15, 0.2) is 0 Å². The lowest BCUT2D eigenvalue weighted by Gasteiger charge is -2.20. The first-order valence-corrected chi connectivity index (χ1v) is 10.8. The van der Waals surface area contributed by atoms with Crippen molar-refractivity contribution in [2.45, 2.75) is 32.9 Å². The first-order valence-electron chi connectivity index (χ1n) is 10.0. The molecule has 162 valence electrons. The first kappa shape index (κ1) is 22.0. The lowest BCUT2D eigenvalue weighted by atomic mass is 10.1. The molecule has 0 aliphatic rings. The Kier molecular flexibility index (Phi) is 6.01. The van der Waals surface area contributed by atoms with E-state index in [0.717, 1.165) is 16.6 Å². The minimum Gasteiger partial charge on any atom is -0.487 e. The number of rotatable bonds is 5. The van der Waals surface area contributed by atoms with Crippen LogP contribution in [0.5, 0.6) is 17.2 Å². The normalized spacial score (nSPS) is 11.4. The predicted octanol–water partition coefficient (Wildman–Crippen LogP) is 7.34. The number of hydrogen-bond donors (Lipinski definition) is 0. The maximum Gasteiger partial charge on any atom is 0.133 e. The van der Waals surface area contributed by atoms with Gasteiger partial charge < -0.3 is 9.47 Å². The monoisotopic (exact) mass is 465 g/mol. The average Bonchev–Trinajstić information content (AvgIpc) is 3.11. The van der Waals surface area contributed by atoms with Gasteiger partial charge in [0.2, 0.25) is 0 Å². The van der Waals surface area contributed by atoms with E-state index in [0.29, 0.717) is 32.9 Å². The molecule has 0 fully saturated rings. The summed E-state index contributed by atoms with van der Waals surface area (Å²) in [5.41, 5.74) is 2.15. The zero-order valence-corrected chi connectivity index (χ0v) is 19.4. The molecule has 32 heavy (non-hydrogen) atoms. The Hall–Kier alpha value is -3.20. The molecule has 4 rings (SSSR count). The van der Waals surface area contributed by atoms with Crippen LogP contribution in [0.3, 0.4) is 0 Å². The number of para-hydroxylation sites is 1. The quantitative estimate of drug-likeness (QED) is 0.309. The van der Waals surface area contributed by atoms with Gasteiger partial charge in [-0.2, -0.15) is 10.4 Å². The van der Waals surface area contributed by atoms with E-state index >= 15 is 0 Å². The fourth-order valence-corrected chi connectivity index (χ4v) is 3.84. The van der Waals surface area contributed by atoms with Crippen molar-refractivity contribution in [3.8, 4) is 23.3 Å². The summed E-state index contributed by atoms with van der Waals surface area (Å²) in [4.78, 5) is 0. The van der Waals surface area contributed by atoms with Crippen LogP contribution in [0.15, 0.2) is 60.7 Å². The summed E-state index contributed by atoms with van der Waals surface area (Å²) in [7, 11) is 0. The highest BCUT2D eigenvalue weighted by atomic mass is 35.5. The lowest BCUT2D eigenvalue weighted by molar-refractivity contribution is 0.293. The van der Waals surface area contributed by atoms with Crippen molar-refractivity contribution in [1.82, 2.24) is 9.78 Å². The molecule has 0 N–H and O–H groups in total. The summed E-state index contributed by atoms with van der Waals surface area (Å²) < 4.78 is 13.9. The fourth-order valence-electron chi connectivity index (χ4n) is 3.40. The molecule has 1 heterocycles. The molecule has 0 atom stereocenters. The third-order valence-electron chi connectivity index (χ3n) is 4.76. The van der Waals surface area contributed by atoms with Gasteiger partial charge in [-0.05, 0) is 57.2 Å². The fraction of sp³-hybridized carbons (Fsp3) is 0.200. The molecule has 0 unspecified atom stereocenters. The number of ether oxygens (including phenoxy) is 2. The number of fused-ring (bicyclic) bond motifs is 1. The Morgan fingerprint density at radius 1 is 0.938 bits per heavy atom. The second-order valence-corrected chi connectivity index (χ2v) is 9.22. The van der Waals surface area contributed by atoms with Gasteiger partial charge in [0.05, 0.1) is 22.7 Å². The summed E-state index contributed by atoms with van der Waals surface area (Å²) in [6.07, 6.45) is 0. The molecule has 7 heteroatoms. The Labute approximate surface area is 196 Å². The van der Waals surface area contributed by atoms with Crippen LogP contribution in [0.4, 0.5) is 0 Å². The van der Waals surface area contributed by atoms with Gasteiger partial charge >= 0.3 is 0 Å². The first-order chi connectivity index (χ1) is 15.2. The van der Waals surface area contributed by atoms with E-state index in [-0.39, 0.29) is 12.1 Å². The van der Waals surface area contributed by atoms with Gasteiger partial charge in [-0.25, -0.2) is 0 Å². The summed E-state index contributed by atoms with van der Waals surface area (Å²) >= 11 is 12.4. The van der Waals surface area contributed by atoms with Crippen molar-refractivity contribution in [2.24, 2.45) is 0 Å². The van der Waals surface area contributed by atoms with Crippen molar-refractivity contribution in [1.29, 1.82) is 5.26 Å². The highest BCUT2D eigenvalue weighted by Crippen LogP contribution is 2.32. The van der Waals surface area contributed by atoms with Gasteiger partial charge in [-0.15, -0.1) is 0 Å². The molecule has 0 saturated heterocycles. The topological polar surface area (TPSA) is 60.1 Å². The van der Waals surface area contributed by atoms with Crippen LogP contribution < -0.4 is 9.47 Å². The Bertz CT molecular complexity index is 1330. The zero-order valence-electron chi connectivity index (χ0n) is 17.9. The molecule has 4 aromatic rings. The number of benzene rings is 3. The van der Waals surface area contributed by atoms with E-state index in [4.69, 9.17) is 43.0 Å². The maximum absolute atomic E-state index is 9.13. The van der Waals surface area contributed by atoms with Crippen LogP contribution in [0.1, 0.15) is 32.0 Å². The molecular formula is C25H21Cl2N3O2. The molecule has 0 aliphatic heterocycles. The van der Waals surface area contributed by atoms with E-state index < -0.39 is 0 Å². The SMILES string of the molecule is CC(C)(C)n1nc(COc2cc(Cl)cc(Oc3cc(Cl)cc(C#N)c3)c2)c2ccccc21. The Morgan fingerprint density at radius 2 is 1.59 bits per heavy atom. The van der Waals surface area contributed by atoms with E-state index in [9.17, 15) is 0 Å². The van der Waals surface area contributed by atoms with Gasteiger partial charge in [0.25, 0.3) is 0 Å². The smallest absolute Gasteiger partial charge is 0.133 e. The molecule has 0 bridgehead atoms. The Balaban J connectivity index is 1.58. The summed E-state index contributed by atoms with van der Waals surface area (Å²) in [6, 6.07) is 20.1. The number of halogens is 2. The molecule has 0 amide bonds. The minimum atomic E-state index is -0.159. The van der Waals surface area contributed by atoms with Gasteiger partial charge in [0, 0.05) is 21.5 Å². The Morgan fingerprint density at radius 3 is 2.31 bits per heavy atom. The summed E-state index contributed by atoms with van der Waals surface area (Å²) in [5, 5.41) is 15.9. The van der Waals surface area contributed by atoms with Crippen LogP contribution in [0.25, 0.3) is 10.9 Å². The molecule has 5 nitrogen and oxygen atoms in total. The third kappa shape index (κ3) is 4.83. The molecule has 1 aromatic heterocycles. The van der Waals surface area contributed by atoms with Gasteiger partial charge in [-0.1, -0.05) is 41.4 Å². The molecular weight excluding hydrogens is 445 g/mol. The van der Waals surface area contributed by atoms with Crippen molar-refractivity contribution < 1.29 is 9.47 Å². The van der Waals surface area contributed by atoms with Crippen molar-refractivity contribution in [3.63, 3.8) is 0 Å². The second-order valence-electron chi connectivity index (χ2n) is 8.35. The number of nitrogens with zero attached hydrogens (tertiary/aromatic N) is 3. The third-order valence-corrected chi connectivity index (χ3v) is 5.19. The van der Waals surface area contributed by atoms with Gasteiger partial charge in [-0.3, -0.25) is 4.68 Å². The highest BCUT2D eigenvalue weighted by molar-refractivity contribution is 6.31. The average molecular weight is 466 g/mol. The van der Waals surface area contributed by atoms with Crippen LogP contribution in [-0.2, 0) is 12.1 Å². The van der Waals surface area contributed by atoms with E-state index in [1.54, 1.807) is 36.4 Å². The van der Waals surface area contributed by atoms with Crippen molar-refractivity contribution in [2.75, 3.05) is 0 Å². The molecule has 0 aliphatic carbocycles. The lowest BCUT2D eigenvalue weighted by Crippen LogP contribution is -2.23.